The molecule has 1 N–H and O–H groups in total. The fourth-order valence-electron chi connectivity index (χ4n) is 2.22. The third-order valence-corrected chi connectivity index (χ3v) is 3.20. The molecular weight excluding hydrogens is 295 g/mol. The minimum absolute atomic E-state index is 0.0460. The Morgan fingerprint density at radius 2 is 1.95 bits per heavy atom. The second-order valence-electron chi connectivity index (χ2n) is 4.76. The Bertz CT molecular complexity index is 532. The highest BCUT2D eigenvalue weighted by Crippen LogP contribution is 2.26. The van der Waals surface area contributed by atoms with Crippen LogP contribution in [0.4, 0.5) is 22.0 Å². The van der Waals surface area contributed by atoms with Gasteiger partial charge in [0.2, 0.25) is 5.91 Å². The van der Waals surface area contributed by atoms with Gasteiger partial charge >= 0.3 is 6.18 Å². The molecule has 0 radical (unpaired) electrons. The fourth-order valence-corrected chi connectivity index (χ4v) is 2.22. The number of benzene rings is 1. The first-order valence-corrected chi connectivity index (χ1v) is 6.32. The van der Waals surface area contributed by atoms with Crippen LogP contribution in [0.25, 0.3) is 0 Å². The van der Waals surface area contributed by atoms with Crippen molar-refractivity contribution in [2.24, 2.45) is 0 Å². The molecule has 2 rings (SSSR count). The third kappa shape index (κ3) is 3.90. The smallest absolute Gasteiger partial charge is 0.322 e. The molecule has 116 valence electrons. The molecule has 1 heterocycles. The summed E-state index contributed by atoms with van der Waals surface area (Å²) in [5.41, 5.74) is 0.298. The number of halogens is 5. The van der Waals surface area contributed by atoms with Crippen LogP contribution in [0, 0.1) is 11.6 Å². The predicted octanol–water partition coefficient (Wildman–Crippen LogP) is 2.74. The van der Waals surface area contributed by atoms with E-state index in [1.165, 1.54) is 11.0 Å². The monoisotopic (exact) mass is 308 g/mol. The summed E-state index contributed by atoms with van der Waals surface area (Å²) < 4.78 is 62.5. The van der Waals surface area contributed by atoms with E-state index in [4.69, 9.17) is 0 Å². The van der Waals surface area contributed by atoms with E-state index < -0.39 is 30.4 Å². The molecule has 0 aliphatic carbocycles. The van der Waals surface area contributed by atoms with Crippen LogP contribution in [-0.4, -0.2) is 30.1 Å². The molecule has 8 heteroatoms. The Hall–Kier alpha value is -1.70. The lowest BCUT2D eigenvalue weighted by Gasteiger charge is -2.25. The van der Waals surface area contributed by atoms with Crippen molar-refractivity contribution in [3.63, 3.8) is 0 Å². The van der Waals surface area contributed by atoms with Crippen molar-refractivity contribution in [1.82, 2.24) is 10.2 Å². The molecular formula is C13H13F5N2O. The van der Waals surface area contributed by atoms with Crippen LogP contribution in [0.2, 0.25) is 0 Å². The van der Waals surface area contributed by atoms with Gasteiger partial charge in [-0.3, -0.25) is 10.1 Å². The maximum Gasteiger partial charge on any atom is 0.389 e. The number of carbonyl (C=O) groups excluding carboxylic acids is 1. The third-order valence-electron chi connectivity index (χ3n) is 3.20. The second-order valence-corrected chi connectivity index (χ2v) is 4.76. The first kappa shape index (κ1) is 15.7. The van der Waals surface area contributed by atoms with Gasteiger partial charge in [-0.2, -0.15) is 13.2 Å². The molecule has 1 aliphatic heterocycles. The standard InChI is InChI=1S/C13H13F5N2O/c14-9-3-2-8(6-10(9)15)12-19-7-11(21)20(12)5-1-4-13(16,17)18/h2-3,6,12,19H,1,4-5,7H2. The summed E-state index contributed by atoms with van der Waals surface area (Å²) in [4.78, 5) is 12.9. The first-order valence-electron chi connectivity index (χ1n) is 6.32. The number of nitrogens with zero attached hydrogens (tertiary/aromatic N) is 1. The topological polar surface area (TPSA) is 32.3 Å². The molecule has 0 aromatic heterocycles. The van der Waals surface area contributed by atoms with Gasteiger partial charge < -0.3 is 4.90 Å². The molecule has 1 unspecified atom stereocenters. The quantitative estimate of drug-likeness (QED) is 0.868. The molecule has 0 saturated carbocycles. The highest BCUT2D eigenvalue weighted by atomic mass is 19.4. The lowest BCUT2D eigenvalue weighted by Crippen LogP contribution is -2.32. The normalized spacial score (nSPS) is 19.4. The maximum atomic E-state index is 13.2. The van der Waals surface area contributed by atoms with E-state index >= 15 is 0 Å². The Morgan fingerprint density at radius 3 is 2.57 bits per heavy atom. The minimum Gasteiger partial charge on any atom is -0.322 e. The van der Waals surface area contributed by atoms with Crippen LogP contribution in [-0.2, 0) is 4.79 Å². The van der Waals surface area contributed by atoms with Gasteiger partial charge in [-0.1, -0.05) is 6.07 Å². The highest BCUT2D eigenvalue weighted by Gasteiger charge is 2.33. The van der Waals surface area contributed by atoms with E-state index in [0.29, 0.717) is 5.56 Å². The van der Waals surface area contributed by atoms with Gasteiger partial charge in [0.05, 0.1) is 6.54 Å². The summed E-state index contributed by atoms with van der Waals surface area (Å²) in [6.07, 6.45) is -6.26. The summed E-state index contributed by atoms with van der Waals surface area (Å²) in [5.74, 6) is -2.46. The van der Waals surface area contributed by atoms with Crippen molar-refractivity contribution in [2.75, 3.05) is 13.1 Å². The van der Waals surface area contributed by atoms with Crippen molar-refractivity contribution in [3.8, 4) is 0 Å². The molecule has 1 aliphatic rings. The summed E-state index contributed by atoms with van der Waals surface area (Å²) in [5, 5.41) is 2.77. The van der Waals surface area contributed by atoms with Gasteiger partial charge in [-0.25, -0.2) is 8.78 Å². The molecule has 3 nitrogen and oxygen atoms in total. The predicted molar refractivity (Wildman–Crippen MR) is 64.1 cm³/mol. The second kappa shape index (κ2) is 5.97. The van der Waals surface area contributed by atoms with Crippen molar-refractivity contribution >= 4 is 5.91 Å². The van der Waals surface area contributed by atoms with Crippen LogP contribution in [0.15, 0.2) is 18.2 Å². The zero-order valence-corrected chi connectivity index (χ0v) is 10.9. The average Bonchev–Trinajstić information content (AvgIpc) is 2.73. The number of carbonyl (C=O) groups is 1. The Balaban J connectivity index is 2.07. The van der Waals surface area contributed by atoms with Gasteiger partial charge in [0.1, 0.15) is 6.17 Å². The summed E-state index contributed by atoms with van der Waals surface area (Å²) in [6.45, 7) is -0.148. The molecule has 1 saturated heterocycles. The largest absolute Gasteiger partial charge is 0.389 e. The van der Waals surface area contributed by atoms with Crippen molar-refractivity contribution in [2.45, 2.75) is 25.2 Å². The summed E-state index contributed by atoms with van der Waals surface area (Å²) in [6, 6.07) is 3.15. The SMILES string of the molecule is O=C1CNC(c2ccc(F)c(F)c2)N1CCCC(F)(F)F. The lowest BCUT2D eigenvalue weighted by molar-refractivity contribution is -0.139. The first-order chi connectivity index (χ1) is 9.78. The molecule has 0 spiro atoms. The average molecular weight is 308 g/mol. The molecule has 0 bridgehead atoms. The zero-order chi connectivity index (χ0) is 15.6. The van der Waals surface area contributed by atoms with E-state index in [9.17, 15) is 26.7 Å². The van der Waals surface area contributed by atoms with E-state index in [0.717, 1.165) is 12.1 Å². The van der Waals surface area contributed by atoms with Crippen molar-refractivity contribution < 1.29 is 26.7 Å². The van der Waals surface area contributed by atoms with Gasteiger partial charge in [-0.05, 0) is 24.1 Å². The molecule has 1 atom stereocenters. The highest BCUT2D eigenvalue weighted by molar-refractivity contribution is 5.80. The molecule has 1 amide bonds. The molecule has 1 aromatic carbocycles. The lowest BCUT2D eigenvalue weighted by atomic mass is 10.1. The van der Waals surface area contributed by atoms with E-state index in [1.54, 1.807) is 0 Å². The maximum absolute atomic E-state index is 13.2. The van der Waals surface area contributed by atoms with Crippen LogP contribution < -0.4 is 5.32 Å². The van der Waals surface area contributed by atoms with Crippen LogP contribution >= 0.6 is 0 Å². The minimum atomic E-state index is -4.28. The molecule has 1 fully saturated rings. The molecule has 1 aromatic rings. The molecule has 21 heavy (non-hydrogen) atoms. The van der Waals surface area contributed by atoms with Crippen molar-refractivity contribution in [1.29, 1.82) is 0 Å². The van der Waals surface area contributed by atoms with Crippen molar-refractivity contribution in [3.05, 3.63) is 35.4 Å². The summed E-state index contributed by atoms with van der Waals surface area (Å²) >= 11 is 0. The number of hydrogen-bond donors (Lipinski definition) is 1. The van der Waals surface area contributed by atoms with Crippen LogP contribution in [0.1, 0.15) is 24.6 Å². The zero-order valence-electron chi connectivity index (χ0n) is 10.9. The Kier molecular flexibility index (Phi) is 4.46. The van der Waals surface area contributed by atoms with E-state index in [-0.39, 0.29) is 25.4 Å². The number of hydrogen-bond acceptors (Lipinski definition) is 2. The number of rotatable bonds is 4. The van der Waals surface area contributed by atoms with Gasteiger partial charge in [0.15, 0.2) is 11.6 Å². The van der Waals surface area contributed by atoms with Crippen LogP contribution in [0.5, 0.6) is 0 Å². The van der Waals surface area contributed by atoms with Gasteiger partial charge in [-0.15, -0.1) is 0 Å². The fraction of sp³-hybridized carbons (Fsp3) is 0.462. The number of alkyl halides is 3. The van der Waals surface area contributed by atoms with E-state index in [1.807, 2.05) is 0 Å². The summed E-state index contributed by atoms with van der Waals surface area (Å²) in [7, 11) is 0. The Morgan fingerprint density at radius 1 is 1.24 bits per heavy atom. The number of nitrogens with one attached hydrogen (secondary N) is 1. The van der Waals surface area contributed by atoms with E-state index in [2.05, 4.69) is 5.32 Å². The number of amides is 1. The van der Waals surface area contributed by atoms with Crippen LogP contribution in [0.3, 0.4) is 0 Å². The Labute approximate surface area is 117 Å². The van der Waals surface area contributed by atoms with Gasteiger partial charge in [0.25, 0.3) is 0 Å². The van der Waals surface area contributed by atoms with Gasteiger partial charge in [0, 0.05) is 13.0 Å².